The van der Waals surface area contributed by atoms with Crippen molar-refractivity contribution in [3.63, 3.8) is 0 Å². The van der Waals surface area contributed by atoms with Crippen LogP contribution in [0.2, 0.25) is 0 Å². The van der Waals surface area contributed by atoms with Crippen molar-refractivity contribution in [3.05, 3.63) is 59.2 Å². The highest BCUT2D eigenvalue weighted by molar-refractivity contribution is 7.90. The first-order valence-corrected chi connectivity index (χ1v) is 8.34. The Morgan fingerprint density at radius 3 is 2.48 bits per heavy atom. The second-order valence-electron chi connectivity index (χ2n) is 4.99. The topological polar surface area (TPSA) is 63.6 Å². The third-order valence-corrected chi connectivity index (χ3v) is 4.39. The van der Waals surface area contributed by atoms with Crippen LogP contribution in [0, 0.1) is 6.92 Å². The molecule has 0 amide bonds. The maximum Gasteiger partial charge on any atom is 0.175 e. The van der Waals surface area contributed by atoms with Crippen molar-refractivity contribution in [2.24, 2.45) is 0 Å². The van der Waals surface area contributed by atoms with Crippen LogP contribution in [-0.4, -0.2) is 26.9 Å². The van der Waals surface area contributed by atoms with Gasteiger partial charge < -0.3 is 9.84 Å². The molecule has 0 bridgehead atoms. The van der Waals surface area contributed by atoms with Gasteiger partial charge >= 0.3 is 0 Å². The van der Waals surface area contributed by atoms with Crippen LogP contribution in [-0.2, 0) is 9.84 Å². The number of aliphatic hydroxyl groups excluding tert-OH is 1. The molecule has 0 fully saturated rings. The molecule has 2 rings (SSSR count). The molecular weight excluding hydrogens is 288 g/mol. The van der Waals surface area contributed by atoms with Gasteiger partial charge in [0, 0.05) is 11.8 Å². The molecule has 0 spiro atoms. The van der Waals surface area contributed by atoms with E-state index < -0.39 is 15.9 Å². The smallest absolute Gasteiger partial charge is 0.175 e. The Morgan fingerprint density at radius 2 is 1.86 bits per heavy atom. The van der Waals surface area contributed by atoms with E-state index in [1.165, 1.54) is 19.2 Å². The van der Waals surface area contributed by atoms with Gasteiger partial charge in [-0.25, -0.2) is 8.42 Å². The molecule has 0 heterocycles. The number of ether oxygens (including phenoxy) is 1. The van der Waals surface area contributed by atoms with Crippen molar-refractivity contribution in [2.75, 3.05) is 13.4 Å². The summed E-state index contributed by atoms with van der Waals surface area (Å²) in [5.41, 5.74) is 2.12. The lowest BCUT2D eigenvalue weighted by Gasteiger charge is -2.16. The Morgan fingerprint density at radius 1 is 1.14 bits per heavy atom. The highest BCUT2D eigenvalue weighted by Gasteiger charge is 2.17. The van der Waals surface area contributed by atoms with Crippen LogP contribution in [0.3, 0.4) is 0 Å². The summed E-state index contributed by atoms with van der Waals surface area (Å²) < 4.78 is 28.5. The number of methoxy groups -OCH3 is 1. The summed E-state index contributed by atoms with van der Waals surface area (Å²) in [4.78, 5) is 0.186. The number of hydrogen-bond acceptors (Lipinski definition) is 4. The number of rotatable bonds is 4. The van der Waals surface area contributed by atoms with Crippen molar-refractivity contribution in [1.82, 2.24) is 0 Å². The SMILES string of the molecule is COc1ccc(C)cc1C(O)c1cccc(S(C)(=O)=O)c1. The molecule has 1 atom stereocenters. The van der Waals surface area contributed by atoms with E-state index in [0.717, 1.165) is 11.8 Å². The highest BCUT2D eigenvalue weighted by atomic mass is 32.2. The molecule has 0 saturated carbocycles. The zero-order valence-electron chi connectivity index (χ0n) is 12.2. The van der Waals surface area contributed by atoms with Gasteiger partial charge in [-0.2, -0.15) is 0 Å². The summed E-state index contributed by atoms with van der Waals surface area (Å²) in [6.07, 6.45) is 0.202. The van der Waals surface area contributed by atoms with Crippen LogP contribution < -0.4 is 4.74 Å². The standard InChI is InChI=1S/C16H18O4S/c1-11-7-8-15(20-2)14(9-11)16(17)12-5-4-6-13(10-12)21(3,18)19/h4-10,16-17H,1-3H3. The highest BCUT2D eigenvalue weighted by Crippen LogP contribution is 2.31. The first-order valence-electron chi connectivity index (χ1n) is 6.45. The Bertz CT molecular complexity index is 751. The molecule has 0 aliphatic rings. The van der Waals surface area contributed by atoms with Gasteiger partial charge in [0.25, 0.3) is 0 Å². The lowest BCUT2D eigenvalue weighted by atomic mass is 9.99. The van der Waals surface area contributed by atoms with Crippen LogP contribution in [0.5, 0.6) is 5.75 Å². The van der Waals surface area contributed by atoms with E-state index in [1.807, 2.05) is 19.1 Å². The molecule has 0 saturated heterocycles. The number of sulfone groups is 1. The van der Waals surface area contributed by atoms with Gasteiger partial charge in [0.05, 0.1) is 12.0 Å². The molecule has 2 aromatic carbocycles. The van der Waals surface area contributed by atoms with E-state index in [9.17, 15) is 13.5 Å². The van der Waals surface area contributed by atoms with Gasteiger partial charge in [-0.15, -0.1) is 0 Å². The zero-order valence-corrected chi connectivity index (χ0v) is 13.0. The number of benzene rings is 2. The van der Waals surface area contributed by atoms with Crippen LogP contribution in [0.1, 0.15) is 22.8 Å². The first-order chi connectivity index (χ1) is 9.82. The average Bonchev–Trinajstić information content (AvgIpc) is 2.45. The van der Waals surface area contributed by atoms with E-state index in [-0.39, 0.29) is 4.90 Å². The third-order valence-electron chi connectivity index (χ3n) is 3.28. The molecule has 1 unspecified atom stereocenters. The van der Waals surface area contributed by atoms with Crippen LogP contribution in [0.15, 0.2) is 47.4 Å². The summed E-state index contributed by atoms with van der Waals surface area (Å²) in [5, 5.41) is 10.5. The quantitative estimate of drug-likeness (QED) is 0.942. The molecule has 0 aliphatic carbocycles. The Labute approximate surface area is 124 Å². The van der Waals surface area contributed by atoms with Crippen molar-refractivity contribution in [1.29, 1.82) is 0 Å². The molecule has 21 heavy (non-hydrogen) atoms. The lowest BCUT2D eigenvalue weighted by Crippen LogP contribution is -2.05. The molecule has 5 heteroatoms. The third kappa shape index (κ3) is 3.43. The molecule has 2 aromatic rings. The number of aliphatic hydroxyl groups is 1. The predicted molar refractivity (Wildman–Crippen MR) is 81.3 cm³/mol. The second-order valence-corrected chi connectivity index (χ2v) is 7.01. The molecule has 0 aromatic heterocycles. The molecule has 4 nitrogen and oxygen atoms in total. The van der Waals surface area contributed by atoms with Gasteiger partial charge in [-0.3, -0.25) is 0 Å². The molecule has 0 radical (unpaired) electrons. The Hall–Kier alpha value is -1.85. The fourth-order valence-electron chi connectivity index (χ4n) is 2.16. The van der Waals surface area contributed by atoms with E-state index in [4.69, 9.17) is 4.74 Å². The summed E-state index contributed by atoms with van der Waals surface area (Å²) in [5.74, 6) is 0.567. The first kappa shape index (κ1) is 15.5. The van der Waals surface area contributed by atoms with Crippen LogP contribution in [0.4, 0.5) is 0 Å². The average molecular weight is 306 g/mol. The summed E-state index contributed by atoms with van der Waals surface area (Å²) in [7, 11) is -1.77. The van der Waals surface area contributed by atoms with Crippen LogP contribution >= 0.6 is 0 Å². The minimum atomic E-state index is -3.31. The fraction of sp³-hybridized carbons (Fsp3) is 0.250. The van der Waals surface area contributed by atoms with Crippen molar-refractivity contribution >= 4 is 9.84 Å². The second kappa shape index (κ2) is 5.87. The maximum absolute atomic E-state index is 11.6. The van der Waals surface area contributed by atoms with E-state index in [0.29, 0.717) is 16.9 Å². The minimum absolute atomic E-state index is 0.186. The van der Waals surface area contributed by atoms with Crippen molar-refractivity contribution in [3.8, 4) is 5.75 Å². The van der Waals surface area contributed by atoms with E-state index in [2.05, 4.69) is 0 Å². The van der Waals surface area contributed by atoms with Crippen molar-refractivity contribution < 1.29 is 18.3 Å². The zero-order chi connectivity index (χ0) is 15.6. The minimum Gasteiger partial charge on any atom is -0.496 e. The Balaban J connectivity index is 2.50. The molecule has 112 valence electrons. The largest absolute Gasteiger partial charge is 0.496 e. The van der Waals surface area contributed by atoms with Crippen molar-refractivity contribution in [2.45, 2.75) is 17.9 Å². The van der Waals surface area contributed by atoms with Crippen LogP contribution in [0.25, 0.3) is 0 Å². The van der Waals surface area contributed by atoms with Gasteiger partial charge in [-0.1, -0.05) is 23.8 Å². The van der Waals surface area contributed by atoms with E-state index in [1.54, 1.807) is 18.2 Å². The Kier molecular flexibility index (Phi) is 4.34. The molecule has 0 aliphatic heterocycles. The summed E-state index contributed by atoms with van der Waals surface area (Å²) in [6.45, 7) is 1.92. The molecular formula is C16H18O4S. The number of hydrogen-bond donors (Lipinski definition) is 1. The fourth-order valence-corrected chi connectivity index (χ4v) is 2.84. The van der Waals surface area contributed by atoms with Gasteiger partial charge in [-0.05, 0) is 36.8 Å². The summed E-state index contributed by atoms with van der Waals surface area (Å²) >= 11 is 0. The summed E-state index contributed by atoms with van der Waals surface area (Å²) in [6, 6.07) is 11.8. The van der Waals surface area contributed by atoms with Gasteiger partial charge in [0.1, 0.15) is 11.9 Å². The monoisotopic (exact) mass is 306 g/mol. The molecule has 1 N–H and O–H groups in total. The maximum atomic E-state index is 11.6. The van der Waals surface area contributed by atoms with E-state index >= 15 is 0 Å². The predicted octanol–water partition coefficient (Wildman–Crippen LogP) is 2.49. The lowest BCUT2D eigenvalue weighted by molar-refractivity contribution is 0.214. The number of aryl methyl sites for hydroxylation is 1. The van der Waals surface area contributed by atoms with Gasteiger partial charge in [0.15, 0.2) is 9.84 Å². The normalized spacial score (nSPS) is 13.0. The van der Waals surface area contributed by atoms with Gasteiger partial charge in [0.2, 0.25) is 0 Å².